The average molecular weight is 1100 g/mol. The summed E-state index contributed by atoms with van der Waals surface area (Å²) in [5.41, 5.74) is -5.75. The van der Waals surface area contributed by atoms with Crippen molar-refractivity contribution >= 4 is 81.3 Å². The Kier molecular flexibility index (Phi) is 27.8. The van der Waals surface area contributed by atoms with Gasteiger partial charge < -0.3 is 70.5 Å². The standard InChI is InChI=1S/C48H84N6O18S2/c1-43(2,3)67-37(61)27(53-41(65)71-47(13,14)15)19-21-33(57)49-29(23-55)35(59)51-31(39(63)69-45(7,8)9)25-73-74-26-32(40(64)70-46(10,11)12)52-36(60)30(24-56)50-34(58)22-20-28(38(62)68-44(4,5)6)54-42(66)72-48(16,17)18/h27-32,55-56H,19-26H2,1-18H3,(H,49,57)(H,50,58)(H,51,59)(H,52,60)(H,53,65)(H,54,66)/t27-,28-,29-,30-,31-,32-/m0/s1. The molecule has 0 aromatic carbocycles. The fourth-order valence-corrected chi connectivity index (χ4v) is 7.77. The Hall–Kier alpha value is -5.08. The van der Waals surface area contributed by atoms with Crippen LogP contribution in [0.1, 0.15) is 150 Å². The number of aliphatic hydroxyl groups is 2. The van der Waals surface area contributed by atoms with Gasteiger partial charge in [-0.3, -0.25) is 19.2 Å². The second-order valence-corrected chi connectivity index (χ2v) is 25.5. The number of amides is 6. The van der Waals surface area contributed by atoms with Gasteiger partial charge >= 0.3 is 36.1 Å². The zero-order valence-electron chi connectivity index (χ0n) is 46.4. The van der Waals surface area contributed by atoms with Crippen LogP contribution in [0.4, 0.5) is 9.59 Å². The Balaban J connectivity index is 6.13. The van der Waals surface area contributed by atoms with Gasteiger partial charge in [-0.25, -0.2) is 28.8 Å². The van der Waals surface area contributed by atoms with E-state index >= 15 is 0 Å². The lowest BCUT2D eigenvalue weighted by molar-refractivity contribution is -0.159. The van der Waals surface area contributed by atoms with Crippen molar-refractivity contribution in [3.05, 3.63) is 0 Å². The minimum Gasteiger partial charge on any atom is -0.458 e. The molecule has 8 N–H and O–H groups in total. The van der Waals surface area contributed by atoms with Gasteiger partial charge in [0, 0.05) is 24.3 Å². The highest BCUT2D eigenvalue weighted by Gasteiger charge is 2.35. The Morgan fingerprint density at radius 2 is 0.595 bits per heavy atom. The predicted molar refractivity (Wildman–Crippen MR) is 275 cm³/mol. The molecule has 0 radical (unpaired) electrons. The van der Waals surface area contributed by atoms with Gasteiger partial charge in [-0.2, -0.15) is 0 Å². The minimum atomic E-state index is -1.60. The number of hydrogen-bond acceptors (Lipinski definition) is 20. The first-order valence-electron chi connectivity index (χ1n) is 24.0. The van der Waals surface area contributed by atoms with Gasteiger partial charge in [0.1, 0.15) is 69.9 Å². The molecule has 0 spiro atoms. The molecule has 26 heteroatoms. The van der Waals surface area contributed by atoms with Crippen LogP contribution < -0.4 is 31.9 Å². The van der Waals surface area contributed by atoms with Crippen LogP contribution >= 0.6 is 21.6 Å². The Morgan fingerprint density at radius 3 is 0.824 bits per heavy atom. The lowest BCUT2D eigenvalue weighted by atomic mass is 10.1. The third kappa shape index (κ3) is 33.0. The van der Waals surface area contributed by atoms with Gasteiger partial charge in [0.05, 0.1) is 13.2 Å². The third-order valence-electron chi connectivity index (χ3n) is 8.32. The number of esters is 4. The van der Waals surface area contributed by atoms with E-state index in [0.717, 1.165) is 21.6 Å². The van der Waals surface area contributed by atoms with Crippen molar-refractivity contribution < 1.29 is 86.6 Å². The highest BCUT2D eigenvalue weighted by atomic mass is 33.1. The molecule has 0 saturated carbocycles. The summed E-state index contributed by atoms with van der Waals surface area (Å²) in [6.45, 7) is 27.1. The summed E-state index contributed by atoms with van der Waals surface area (Å²) in [5, 5.41) is 34.7. The summed E-state index contributed by atoms with van der Waals surface area (Å²) in [5.74, 6) is -7.53. The van der Waals surface area contributed by atoms with Crippen LogP contribution in [0.25, 0.3) is 0 Å². The van der Waals surface area contributed by atoms with Gasteiger partial charge in [-0.15, -0.1) is 0 Å². The maximum absolute atomic E-state index is 13.5. The number of nitrogens with one attached hydrogen (secondary N) is 6. The number of rotatable bonds is 25. The van der Waals surface area contributed by atoms with Gasteiger partial charge in [0.2, 0.25) is 23.6 Å². The number of carbonyl (C=O) groups excluding carboxylic acids is 10. The van der Waals surface area contributed by atoms with E-state index in [1.807, 2.05) is 0 Å². The molecule has 6 atom stereocenters. The van der Waals surface area contributed by atoms with Gasteiger partial charge in [0.25, 0.3) is 0 Å². The van der Waals surface area contributed by atoms with Crippen molar-refractivity contribution in [3.63, 3.8) is 0 Å². The molecule has 0 aromatic heterocycles. The maximum atomic E-state index is 13.5. The smallest absolute Gasteiger partial charge is 0.408 e. The summed E-state index contributed by atoms with van der Waals surface area (Å²) < 4.78 is 32.3. The first-order valence-corrected chi connectivity index (χ1v) is 26.5. The van der Waals surface area contributed by atoms with Crippen LogP contribution in [0.3, 0.4) is 0 Å². The van der Waals surface area contributed by atoms with Crippen LogP contribution in [-0.2, 0) is 66.8 Å². The average Bonchev–Trinajstić information content (AvgIpc) is 3.18. The first kappa shape index (κ1) is 68.9. The highest BCUT2D eigenvalue weighted by Crippen LogP contribution is 2.25. The second kappa shape index (κ2) is 29.9. The first-order chi connectivity index (χ1) is 33.4. The van der Waals surface area contributed by atoms with Crippen molar-refractivity contribution in [1.82, 2.24) is 31.9 Å². The van der Waals surface area contributed by atoms with Crippen molar-refractivity contribution in [3.8, 4) is 0 Å². The lowest BCUT2D eigenvalue weighted by Gasteiger charge is -2.27. The van der Waals surface area contributed by atoms with Crippen LogP contribution in [0.2, 0.25) is 0 Å². The number of alkyl carbamates (subject to hydrolysis) is 2. The molecule has 426 valence electrons. The minimum absolute atomic E-state index is 0.220. The topological polar surface area (TPSA) is 339 Å². The van der Waals surface area contributed by atoms with E-state index in [1.165, 1.54) is 0 Å². The zero-order valence-corrected chi connectivity index (χ0v) is 48.0. The number of ether oxygens (including phenoxy) is 6. The summed E-state index contributed by atoms with van der Waals surface area (Å²) in [7, 11) is 1.92. The highest BCUT2D eigenvalue weighted by molar-refractivity contribution is 8.76. The van der Waals surface area contributed by atoms with Crippen molar-refractivity contribution in [2.24, 2.45) is 0 Å². The predicted octanol–water partition coefficient (Wildman–Crippen LogP) is 3.01. The SMILES string of the molecule is CC(C)(C)OC(=O)N[C@@H](CCC(=O)N[C@@H](CO)C(=O)N[C@@H](CSSC[C@H](NC(=O)[C@H](CO)NC(=O)CC[C@H](NC(=O)OC(C)(C)C)C(=O)OC(C)(C)C)C(=O)OC(C)(C)C)C(=O)OC(C)(C)C)C(=O)OC(C)(C)C. The van der Waals surface area contributed by atoms with Gasteiger partial charge in [-0.1, -0.05) is 21.6 Å². The van der Waals surface area contributed by atoms with E-state index in [0.29, 0.717) is 0 Å². The lowest BCUT2D eigenvalue weighted by Crippen LogP contribution is -2.55. The van der Waals surface area contributed by atoms with Crippen LogP contribution in [-0.4, -0.2) is 164 Å². The normalized spacial score (nSPS) is 14.7. The number of hydrogen-bond donors (Lipinski definition) is 8. The van der Waals surface area contributed by atoms with Crippen LogP contribution in [0, 0.1) is 0 Å². The Morgan fingerprint density at radius 1 is 0.351 bits per heavy atom. The summed E-state index contributed by atoms with van der Waals surface area (Å²) in [6, 6.07) is -8.68. The van der Waals surface area contributed by atoms with E-state index < -0.39 is 156 Å². The molecule has 0 aliphatic carbocycles. The summed E-state index contributed by atoms with van der Waals surface area (Å²) in [4.78, 5) is 131. The molecule has 0 aromatic rings. The van der Waals surface area contributed by atoms with E-state index in [-0.39, 0.29) is 24.3 Å². The fraction of sp³-hybridized carbons (Fsp3) is 0.792. The quantitative estimate of drug-likeness (QED) is 0.0282. The third-order valence-corrected chi connectivity index (χ3v) is 10.7. The molecular weight excluding hydrogens is 1010 g/mol. The second-order valence-electron chi connectivity index (χ2n) is 22.9. The van der Waals surface area contributed by atoms with Gasteiger partial charge in [0.15, 0.2) is 0 Å². The molecule has 0 heterocycles. The van der Waals surface area contributed by atoms with E-state index in [4.69, 9.17) is 28.4 Å². The fourth-order valence-electron chi connectivity index (χ4n) is 5.48. The van der Waals surface area contributed by atoms with Crippen molar-refractivity contribution in [2.45, 2.75) is 220 Å². The molecule has 0 unspecified atom stereocenters. The van der Waals surface area contributed by atoms with E-state index in [1.54, 1.807) is 125 Å². The zero-order chi connectivity index (χ0) is 57.8. The van der Waals surface area contributed by atoms with Crippen molar-refractivity contribution in [1.29, 1.82) is 0 Å². The molecule has 0 rings (SSSR count). The number of aliphatic hydroxyl groups excluding tert-OH is 2. The molecular formula is C48H84N6O18S2. The van der Waals surface area contributed by atoms with Crippen LogP contribution in [0.5, 0.6) is 0 Å². The Labute approximate surface area is 443 Å². The summed E-state index contributed by atoms with van der Waals surface area (Å²) >= 11 is 0. The molecule has 0 bridgehead atoms. The van der Waals surface area contributed by atoms with Crippen LogP contribution in [0.15, 0.2) is 0 Å². The largest absolute Gasteiger partial charge is 0.458 e. The maximum Gasteiger partial charge on any atom is 0.408 e. The van der Waals surface area contributed by atoms with Crippen molar-refractivity contribution in [2.75, 3.05) is 24.7 Å². The monoisotopic (exact) mass is 1100 g/mol. The molecule has 0 aliphatic rings. The van der Waals surface area contributed by atoms with Gasteiger partial charge in [-0.05, 0) is 137 Å². The molecule has 0 aliphatic heterocycles. The Bertz CT molecular complexity index is 1790. The molecule has 0 saturated heterocycles. The number of carbonyl (C=O) groups is 10. The summed E-state index contributed by atoms with van der Waals surface area (Å²) in [6.07, 6.45) is -3.32. The van der Waals surface area contributed by atoms with E-state index in [2.05, 4.69) is 31.9 Å². The molecule has 6 amide bonds. The van der Waals surface area contributed by atoms with E-state index in [9.17, 15) is 58.2 Å². The molecule has 24 nitrogen and oxygen atoms in total. The molecule has 74 heavy (non-hydrogen) atoms. The molecule has 0 fully saturated rings.